The number of fused-ring (bicyclic) bond motifs is 1. The van der Waals surface area contributed by atoms with Crippen molar-refractivity contribution >= 4 is 0 Å². The van der Waals surface area contributed by atoms with Crippen molar-refractivity contribution in [3.8, 4) is 0 Å². The van der Waals surface area contributed by atoms with Crippen LogP contribution < -0.4 is 5.73 Å². The molecule has 0 bridgehead atoms. The molecular formula is C15H30N2O. The van der Waals surface area contributed by atoms with Gasteiger partial charge in [0, 0.05) is 32.3 Å². The Balaban J connectivity index is 1.91. The largest absolute Gasteiger partial charge is 0.379 e. The number of hydrogen-bond acceptors (Lipinski definition) is 3. The molecule has 0 amide bonds. The van der Waals surface area contributed by atoms with E-state index >= 15 is 0 Å². The van der Waals surface area contributed by atoms with Crippen LogP contribution in [0.1, 0.15) is 46.5 Å². The van der Waals surface area contributed by atoms with Crippen LogP contribution in [-0.2, 0) is 4.74 Å². The molecule has 0 aromatic carbocycles. The second kappa shape index (κ2) is 5.48. The maximum absolute atomic E-state index is 6.28. The smallest absolute Gasteiger partial charge is 0.0637 e. The summed E-state index contributed by atoms with van der Waals surface area (Å²) in [7, 11) is 1.81. The standard InChI is InChI=1S/C15H30N2O/c1-11(8-15(2,3)18-4)17-9-12-6-5-7-14(16)13(12)10-17/h11-14H,5-10,16H2,1-4H3. The summed E-state index contributed by atoms with van der Waals surface area (Å²) in [4.78, 5) is 2.64. The summed E-state index contributed by atoms with van der Waals surface area (Å²) in [6.45, 7) is 9.15. The molecular weight excluding hydrogens is 224 g/mol. The fraction of sp³-hybridized carbons (Fsp3) is 1.00. The van der Waals surface area contributed by atoms with Crippen LogP contribution in [0.3, 0.4) is 0 Å². The molecule has 4 atom stereocenters. The maximum Gasteiger partial charge on any atom is 0.0637 e. The van der Waals surface area contributed by atoms with Crippen molar-refractivity contribution in [2.75, 3.05) is 20.2 Å². The molecule has 2 N–H and O–H groups in total. The monoisotopic (exact) mass is 254 g/mol. The summed E-state index contributed by atoms with van der Waals surface area (Å²) < 4.78 is 5.56. The normalized spacial score (nSPS) is 35.5. The van der Waals surface area contributed by atoms with Gasteiger partial charge in [0.2, 0.25) is 0 Å². The fourth-order valence-corrected chi connectivity index (χ4v) is 3.83. The second-order valence-electron chi connectivity index (χ2n) is 6.99. The Bertz CT molecular complexity index is 280. The molecule has 1 aliphatic heterocycles. The molecule has 0 spiro atoms. The molecule has 1 heterocycles. The molecule has 3 nitrogen and oxygen atoms in total. The first-order valence-corrected chi connectivity index (χ1v) is 7.48. The van der Waals surface area contributed by atoms with Gasteiger partial charge in [-0.05, 0) is 51.9 Å². The maximum atomic E-state index is 6.28. The van der Waals surface area contributed by atoms with E-state index in [0.29, 0.717) is 12.1 Å². The molecule has 2 aliphatic rings. The van der Waals surface area contributed by atoms with Crippen LogP contribution in [0.5, 0.6) is 0 Å². The van der Waals surface area contributed by atoms with Crippen molar-refractivity contribution in [3.05, 3.63) is 0 Å². The van der Waals surface area contributed by atoms with Crippen molar-refractivity contribution in [3.63, 3.8) is 0 Å². The average Bonchev–Trinajstić information content (AvgIpc) is 2.74. The molecule has 1 saturated heterocycles. The Morgan fingerprint density at radius 1 is 1.33 bits per heavy atom. The zero-order chi connectivity index (χ0) is 13.3. The van der Waals surface area contributed by atoms with Gasteiger partial charge < -0.3 is 10.5 Å². The van der Waals surface area contributed by atoms with Crippen molar-refractivity contribution in [1.82, 2.24) is 4.90 Å². The lowest BCUT2D eigenvalue weighted by molar-refractivity contribution is -0.00405. The lowest BCUT2D eigenvalue weighted by Gasteiger charge is -2.32. The SMILES string of the molecule is COC(C)(C)CC(C)N1CC2CCCC(N)C2C1. The molecule has 106 valence electrons. The molecule has 0 aromatic heterocycles. The summed E-state index contributed by atoms with van der Waals surface area (Å²) in [5.41, 5.74) is 6.27. The van der Waals surface area contributed by atoms with E-state index in [9.17, 15) is 0 Å². The van der Waals surface area contributed by atoms with Crippen molar-refractivity contribution in [2.24, 2.45) is 17.6 Å². The van der Waals surface area contributed by atoms with Crippen molar-refractivity contribution in [1.29, 1.82) is 0 Å². The molecule has 4 unspecified atom stereocenters. The summed E-state index contributed by atoms with van der Waals surface area (Å²) >= 11 is 0. The van der Waals surface area contributed by atoms with Gasteiger partial charge in [-0.25, -0.2) is 0 Å². The van der Waals surface area contributed by atoms with E-state index in [1.807, 2.05) is 7.11 Å². The third-order valence-electron chi connectivity index (χ3n) is 5.15. The van der Waals surface area contributed by atoms with E-state index in [-0.39, 0.29) is 5.60 Å². The second-order valence-corrected chi connectivity index (χ2v) is 6.99. The zero-order valence-electron chi connectivity index (χ0n) is 12.5. The topological polar surface area (TPSA) is 38.5 Å². The Labute approximate surface area is 112 Å². The third kappa shape index (κ3) is 3.06. The minimum Gasteiger partial charge on any atom is -0.379 e. The van der Waals surface area contributed by atoms with Gasteiger partial charge in [0.1, 0.15) is 0 Å². The first-order chi connectivity index (χ1) is 8.43. The number of hydrogen-bond donors (Lipinski definition) is 1. The van der Waals surface area contributed by atoms with Crippen molar-refractivity contribution in [2.45, 2.75) is 64.1 Å². The number of nitrogens with two attached hydrogens (primary N) is 1. The number of likely N-dealkylation sites (tertiary alicyclic amines) is 1. The molecule has 1 saturated carbocycles. The van der Waals surface area contributed by atoms with Gasteiger partial charge in [0.15, 0.2) is 0 Å². The molecule has 18 heavy (non-hydrogen) atoms. The summed E-state index contributed by atoms with van der Waals surface area (Å²) in [6.07, 6.45) is 5.04. The quantitative estimate of drug-likeness (QED) is 0.836. The van der Waals surface area contributed by atoms with E-state index in [1.165, 1.54) is 32.4 Å². The van der Waals surface area contributed by atoms with E-state index in [2.05, 4.69) is 25.7 Å². The third-order valence-corrected chi connectivity index (χ3v) is 5.15. The van der Waals surface area contributed by atoms with Gasteiger partial charge in [-0.3, -0.25) is 4.90 Å². The van der Waals surface area contributed by atoms with Crippen LogP contribution >= 0.6 is 0 Å². The number of nitrogens with zero attached hydrogens (tertiary/aromatic N) is 1. The van der Waals surface area contributed by atoms with Gasteiger partial charge in [-0.1, -0.05) is 6.42 Å². The zero-order valence-corrected chi connectivity index (χ0v) is 12.5. The van der Waals surface area contributed by atoms with Crippen LogP contribution in [0.2, 0.25) is 0 Å². The Kier molecular flexibility index (Phi) is 4.35. The Hall–Kier alpha value is -0.120. The molecule has 0 radical (unpaired) electrons. The first-order valence-electron chi connectivity index (χ1n) is 7.48. The fourth-order valence-electron chi connectivity index (χ4n) is 3.83. The summed E-state index contributed by atoms with van der Waals surface area (Å²) in [5.74, 6) is 1.59. The van der Waals surface area contributed by atoms with Gasteiger partial charge in [0.05, 0.1) is 5.60 Å². The number of methoxy groups -OCH3 is 1. The highest BCUT2D eigenvalue weighted by Crippen LogP contribution is 2.37. The minimum absolute atomic E-state index is 0.0186. The van der Waals surface area contributed by atoms with Crippen LogP contribution in [0.4, 0.5) is 0 Å². The number of rotatable bonds is 4. The predicted molar refractivity (Wildman–Crippen MR) is 75.5 cm³/mol. The van der Waals surface area contributed by atoms with Crippen LogP contribution in [0.25, 0.3) is 0 Å². The highest BCUT2D eigenvalue weighted by atomic mass is 16.5. The predicted octanol–water partition coefficient (Wildman–Crippen LogP) is 2.25. The highest BCUT2D eigenvalue weighted by Gasteiger charge is 2.40. The molecule has 1 aliphatic carbocycles. The summed E-state index contributed by atoms with van der Waals surface area (Å²) in [6, 6.07) is 1.04. The molecule has 0 aromatic rings. The Morgan fingerprint density at radius 3 is 2.67 bits per heavy atom. The first kappa shape index (κ1) is 14.3. The molecule has 2 rings (SSSR count). The summed E-state index contributed by atoms with van der Waals surface area (Å²) in [5, 5.41) is 0. The lowest BCUT2D eigenvalue weighted by Crippen LogP contribution is -2.40. The van der Waals surface area contributed by atoms with Gasteiger partial charge in [-0.2, -0.15) is 0 Å². The lowest BCUT2D eigenvalue weighted by atomic mass is 9.78. The van der Waals surface area contributed by atoms with Gasteiger partial charge >= 0.3 is 0 Å². The molecule has 2 fully saturated rings. The van der Waals surface area contributed by atoms with E-state index in [4.69, 9.17) is 10.5 Å². The van der Waals surface area contributed by atoms with Crippen molar-refractivity contribution < 1.29 is 4.74 Å². The van der Waals surface area contributed by atoms with Crippen LogP contribution in [0.15, 0.2) is 0 Å². The highest BCUT2D eigenvalue weighted by molar-refractivity contribution is 4.95. The number of ether oxygens (including phenoxy) is 1. The molecule has 3 heteroatoms. The minimum atomic E-state index is -0.0186. The van der Waals surface area contributed by atoms with E-state index < -0.39 is 0 Å². The average molecular weight is 254 g/mol. The Morgan fingerprint density at radius 2 is 2.06 bits per heavy atom. The van der Waals surface area contributed by atoms with E-state index in [0.717, 1.165) is 18.3 Å². The van der Waals surface area contributed by atoms with Crippen LogP contribution in [-0.4, -0.2) is 42.8 Å². The van der Waals surface area contributed by atoms with Crippen LogP contribution in [0, 0.1) is 11.8 Å². The van der Waals surface area contributed by atoms with Gasteiger partial charge in [0.25, 0.3) is 0 Å². The van der Waals surface area contributed by atoms with E-state index in [1.54, 1.807) is 0 Å². The van der Waals surface area contributed by atoms with Gasteiger partial charge in [-0.15, -0.1) is 0 Å².